The normalized spacial score (nSPS) is 17.5. The summed E-state index contributed by atoms with van der Waals surface area (Å²) in [5, 5.41) is 6.18. The summed E-state index contributed by atoms with van der Waals surface area (Å²) in [7, 11) is 0. The minimum atomic E-state index is -0.584. The summed E-state index contributed by atoms with van der Waals surface area (Å²) in [6, 6.07) is 2.32. The summed E-state index contributed by atoms with van der Waals surface area (Å²) in [6.45, 7) is 4.91. The zero-order chi connectivity index (χ0) is 22.9. The monoisotopic (exact) mass is 450 g/mol. The maximum atomic E-state index is 13.1. The number of hydrogen-bond donors (Lipinski definition) is 3. The van der Waals surface area contributed by atoms with Crippen molar-refractivity contribution in [2.45, 2.75) is 57.9 Å². The third-order valence-electron chi connectivity index (χ3n) is 6.18. The molecular formula is C23H27FN8O. The van der Waals surface area contributed by atoms with Gasteiger partial charge in [-0.15, -0.1) is 0 Å². The fourth-order valence-electron chi connectivity index (χ4n) is 4.41. The number of carbonyl (C=O) groups excluding carboxylic acids is 1. The number of amides is 1. The second-order valence-corrected chi connectivity index (χ2v) is 8.83. The lowest BCUT2D eigenvalue weighted by atomic mass is 10.2. The van der Waals surface area contributed by atoms with Gasteiger partial charge in [-0.05, 0) is 50.2 Å². The predicted molar refractivity (Wildman–Crippen MR) is 123 cm³/mol. The topological polar surface area (TPSA) is 112 Å². The highest BCUT2D eigenvalue weighted by molar-refractivity contribution is 5.96. The van der Waals surface area contributed by atoms with Crippen molar-refractivity contribution in [2.75, 3.05) is 22.1 Å². The second-order valence-electron chi connectivity index (χ2n) is 8.83. The van der Waals surface area contributed by atoms with Crippen molar-refractivity contribution in [1.29, 1.82) is 0 Å². The van der Waals surface area contributed by atoms with E-state index in [1.165, 1.54) is 18.3 Å². The molecule has 1 aliphatic carbocycles. The molecule has 3 aromatic rings. The van der Waals surface area contributed by atoms with E-state index in [9.17, 15) is 9.18 Å². The summed E-state index contributed by atoms with van der Waals surface area (Å²) in [5.41, 5.74) is 3.64. The molecular weight excluding hydrogens is 423 g/mol. The average Bonchev–Trinajstić information content (AvgIpc) is 3.55. The van der Waals surface area contributed by atoms with Crippen LogP contribution in [-0.4, -0.2) is 43.4 Å². The van der Waals surface area contributed by atoms with E-state index in [1.807, 2.05) is 11.1 Å². The van der Waals surface area contributed by atoms with Crippen LogP contribution in [0.4, 0.5) is 27.8 Å². The highest BCUT2D eigenvalue weighted by Crippen LogP contribution is 2.32. The van der Waals surface area contributed by atoms with E-state index in [0.29, 0.717) is 36.5 Å². The Kier molecular flexibility index (Phi) is 5.65. The molecule has 0 saturated carbocycles. The van der Waals surface area contributed by atoms with Gasteiger partial charge in [-0.3, -0.25) is 4.79 Å². The zero-order valence-electron chi connectivity index (χ0n) is 18.7. The minimum Gasteiger partial charge on any atom is -0.329 e. The Morgan fingerprint density at radius 3 is 2.82 bits per heavy atom. The molecule has 0 unspecified atom stereocenters. The molecule has 10 heteroatoms. The summed E-state index contributed by atoms with van der Waals surface area (Å²) < 4.78 is 13.1. The Labute approximate surface area is 191 Å². The average molecular weight is 451 g/mol. The Morgan fingerprint density at radius 1 is 1.18 bits per heavy atom. The molecule has 1 atom stereocenters. The highest BCUT2D eigenvalue weighted by atomic mass is 19.1. The number of halogens is 1. The van der Waals surface area contributed by atoms with E-state index in [0.717, 1.165) is 48.5 Å². The van der Waals surface area contributed by atoms with Gasteiger partial charge >= 0.3 is 0 Å². The highest BCUT2D eigenvalue weighted by Gasteiger charge is 2.34. The molecule has 0 spiro atoms. The van der Waals surface area contributed by atoms with Crippen LogP contribution in [0.2, 0.25) is 0 Å². The Balaban J connectivity index is 1.40. The molecule has 172 valence electrons. The largest absolute Gasteiger partial charge is 0.329 e. The van der Waals surface area contributed by atoms with Crippen molar-refractivity contribution in [2.24, 2.45) is 0 Å². The number of anilines is 4. The number of fused-ring (bicyclic) bond motifs is 1. The lowest BCUT2D eigenvalue weighted by Gasteiger charge is -2.25. The number of rotatable bonds is 6. The Hall–Kier alpha value is -3.56. The predicted octanol–water partition coefficient (Wildman–Crippen LogP) is 3.70. The third-order valence-corrected chi connectivity index (χ3v) is 6.18. The molecule has 33 heavy (non-hydrogen) atoms. The standard InChI is InChI=1S/C23H27FN8O/c1-13(2)17-12-26-22(28-17)30-20-15-5-3-6-16(15)29-23(31-20)32-10-4-7-18(32)21(33)27-14-8-9-19(24)25-11-14/h8-9,11-13,18H,3-7,10H2,1-2H3,(H,27,33)(H2,26,28,29,30,31)/t18-/m0/s1. The number of nitrogens with one attached hydrogen (secondary N) is 3. The number of aromatic amines is 1. The van der Waals surface area contributed by atoms with E-state index in [1.54, 1.807) is 0 Å². The molecule has 0 radical (unpaired) electrons. The van der Waals surface area contributed by atoms with E-state index in [4.69, 9.17) is 9.97 Å². The lowest BCUT2D eigenvalue weighted by molar-refractivity contribution is -0.117. The number of nitrogens with zero attached hydrogens (tertiary/aromatic N) is 5. The van der Waals surface area contributed by atoms with Gasteiger partial charge in [-0.25, -0.2) is 15.0 Å². The molecule has 0 bridgehead atoms. The first-order valence-electron chi connectivity index (χ1n) is 11.4. The van der Waals surface area contributed by atoms with E-state index >= 15 is 0 Å². The molecule has 1 aliphatic heterocycles. The van der Waals surface area contributed by atoms with E-state index in [-0.39, 0.29) is 5.91 Å². The number of aryl methyl sites for hydroxylation is 1. The molecule has 9 nitrogen and oxygen atoms in total. The summed E-state index contributed by atoms with van der Waals surface area (Å²) in [5.74, 6) is 1.53. The number of H-pyrrole nitrogens is 1. The van der Waals surface area contributed by atoms with Crippen LogP contribution in [0.5, 0.6) is 0 Å². The van der Waals surface area contributed by atoms with Crippen LogP contribution in [0.25, 0.3) is 0 Å². The van der Waals surface area contributed by atoms with Crippen molar-refractivity contribution in [3.8, 4) is 0 Å². The number of hydrogen-bond acceptors (Lipinski definition) is 7. The van der Waals surface area contributed by atoms with Crippen LogP contribution in [0, 0.1) is 5.95 Å². The van der Waals surface area contributed by atoms with Crippen LogP contribution in [0.3, 0.4) is 0 Å². The number of aromatic nitrogens is 5. The van der Waals surface area contributed by atoms with Gasteiger partial charge in [0.25, 0.3) is 0 Å². The molecule has 0 aromatic carbocycles. The summed E-state index contributed by atoms with van der Waals surface area (Å²) in [4.78, 5) is 36.0. The van der Waals surface area contributed by atoms with Crippen LogP contribution >= 0.6 is 0 Å². The van der Waals surface area contributed by atoms with Gasteiger partial charge in [0.1, 0.15) is 11.9 Å². The van der Waals surface area contributed by atoms with Gasteiger partial charge < -0.3 is 20.5 Å². The summed E-state index contributed by atoms with van der Waals surface area (Å²) >= 11 is 0. The maximum Gasteiger partial charge on any atom is 0.247 e. The van der Waals surface area contributed by atoms with Crippen LogP contribution < -0.4 is 15.5 Å². The molecule has 4 heterocycles. The first-order valence-corrected chi connectivity index (χ1v) is 11.4. The smallest absolute Gasteiger partial charge is 0.247 e. The second kappa shape index (κ2) is 8.76. The molecule has 1 saturated heterocycles. The summed E-state index contributed by atoms with van der Waals surface area (Å²) in [6.07, 6.45) is 7.53. The molecule has 1 fully saturated rings. The fraction of sp³-hybridized carbons (Fsp3) is 0.435. The minimum absolute atomic E-state index is 0.174. The first-order chi connectivity index (χ1) is 16.0. The number of imidazole rings is 1. The quantitative estimate of drug-likeness (QED) is 0.491. The number of carbonyl (C=O) groups is 1. The first kappa shape index (κ1) is 21.3. The van der Waals surface area contributed by atoms with Gasteiger partial charge in [0, 0.05) is 17.8 Å². The Morgan fingerprint density at radius 2 is 2.06 bits per heavy atom. The van der Waals surface area contributed by atoms with Crippen molar-refractivity contribution in [1.82, 2.24) is 24.9 Å². The van der Waals surface area contributed by atoms with Crippen molar-refractivity contribution in [3.63, 3.8) is 0 Å². The van der Waals surface area contributed by atoms with Gasteiger partial charge in [-0.2, -0.15) is 9.37 Å². The van der Waals surface area contributed by atoms with Crippen LogP contribution in [-0.2, 0) is 17.6 Å². The van der Waals surface area contributed by atoms with Gasteiger partial charge in [0.15, 0.2) is 0 Å². The number of pyridine rings is 1. The van der Waals surface area contributed by atoms with Crippen LogP contribution in [0.1, 0.15) is 56.0 Å². The molecule has 5 rings (SSSR count). The Bertz CT molecular complexity index is 1160. The van der Waals surface area contributed by atoms with E-state index in [2.05, 4.69) is 39.4 Å². The molecule has 2 aliphatic rings. The van der Waals surface area contributed by atoms with E-state index < -0.39 is 12.0 Å². The fourth-order valence-corrected chi connectivity index (χ4v) is 4.41. The zero-order valence-corrected chi connectivity index (χ0v) is 18.7. The molecule has 1 amide bonds. The van der Waals surface area contributed by atoms with Crippen molar-refractivity contribution >= 4 is 29.3 Å². The molecule has 3 aromatic heterocycles. The van der Waals surface area contributed by atoms with Crippen LogP contribution in [0.15, 0.2) is 24.5 Å². The van der Waals surface area contributed by atoms with Gasteiger partial charge in [0.2, 0.25) is 23.8 Å². The lowest BCUT2D eigenvalue weighted by Crippen LogP contribution is -2.40. The molecule has 3 N–H and O–H groups in total. The maximum absolute atomic E-state index is 13.1. The van der Waals surface area contributed by atoms with Gasteiger partial charge in [0.05, 0.1) is 23.8 Å². The van der Waals surface area contributed by atoms with Crippen molar-refractivity contribution in [3.05, 3.63) is 47.4 Å². The SMILES string of the molecule is CC(C)c1cnc(Nc2nc(N3CCC[C@H]3C(=O)Nc3ccc(F)nc3)nc3c2CCC3)[nH]1. The van der Waals surface area contributed by atoms with Gasteiger partial charge in [-0.1, -0.05) is 13.8 Å². The third kappa shape index (κ3) is 4.37. The van der Waals surface area contributed by atoms with Crippen molar-refractivity contribution < 1.29 is 9.18 Å².